The van der Waals surface area contributed by atoms with Gasteiger partial charge in [0, 0.05) is 36.0 Å². The molecule has 0 spiro atoms. The summed E-state index contributed by atoms with van der Waals surface area (Å²) in [6.07, 6.45) is 3.40. The summed E-state index contributed by atoms with van der Waals surface area (Å²) in [7, 11) is 1.55. The van der Waals surface area contributed by atoms with Gasteiger partial charge in [-0.25, -0.2) is 8.42 Å². The fourth-order valence-corrected chi connectivity index (χ4v) is 2.83. The van der Waals surface area contributed by atoms with E-state index in [1.165, 1.54) is 12.3 Å². The van der Waals surface area contributed by atoms with Crippen LogP contribution >= 0.6 is 10.7 Å². The number of hydrogen-bond donors (Lipinski definition) is 0. The van der Waals surface area contributed by atoms with Crippen molar-refractivity contribution in [1.29, 1.82) is 0 Å². The van der Waals surface area contributed by atoms with E-state index >= 15 is 0 Å². The number of rotatable bonds is 5. The molecule has 0 aromatic carbocycles. The third-order valence-electron chi connectivity index (χ3n) is 3.32. The lowest BCUT2D eigenvalue weighted by Crippen LogP contribution is -2.31. The Morgan fingerprint density at radius 2 is 2.00 bits per heavy atom. The van der Waals surface area contributed by atoms with Gasteiger partial charge in [-0.1, -0.05) is 0 Å². The molecule has 0 bridgehead atoms. The molecule has 1 aromatic rings. The fraction of sp³-hybridized carbons (Fsp3) is 0.583. The van der Waals surface area contributed by atoms with Crippen LogP contribution in [0.2, 0.25) is 0 Å². The maximum atomic E-state index is 12.4. The number of hydrogen-bond acceptors (Lipinski definition) is 3. The molecule has 1 aromatic heterocycles. The summed E-state index contributed by atoms with van der Waals surface area (Å²) < 4.78 is 24.5. The molecule has 106 valence electrons. The van der Waals surface area contributed by atoms with Crippen LogP contribution in [-0.2, 0) is 9.05 Å². The van der Waals surface area contributed by atoms with Gasteiger partial charge in [-0.2, -0.15) is 0 Å². The quantitative estimate of drug-likeness (QED) is 0.784. The second kappa shape index (κ2) is 5.17. The zero-order valence-corrected chi connectivity index (χ0v) is 12.5. The largest absolute Gasteiger partial charge is 0.339 e. The summed E-state index contributed by atoms with van der Waals surface area (Å²) in [4.78, 5) is 14.0. The topological polar surface area (TPSA) is 59.4 Å². The number of amides is 1. The van der Waals surface area contributed by atoms with Gasteiger partial charge in [-0.05, 0) is 32.8 Å². The summed E-state index contributed by atoms with van der Waals surface area (Å²) in [6, 6.07) is 1.60. The first-order valence-electron chi connectivity index (χ1n) is 6.34. The number of aromatic nitrogens is 1. The van der Waals surface area contributed by atoms with E-state index in [9.17, 15) is 13.2 Å². The van der Waals surface area contributed by atoms with Gasteiger partial charge in [0.1, 0.15) is 10.6 Å². The van der Waals surface area contributed by atoms with Gasteiger partial charge in [0.05, 0.1) is 0 Å². The van der Waals surface area contributed by atoms with Crippen molar-refractivity contribution in [3.63, 3.8) is 0 Å². The van der Waals surface area contributed by atoms with Gasteiger partial charge in [0.25, 0.3) is 15.0 Å². The Morgan fingerprint density at radius 1 is 1.42 bits per heavy atom. The zero-order valence-electron chi connectivity index (χ0n) is 11.0. The Balaban J connectivity index is 2.43. The minimum absolute atomic E-state index is 0.00317. The average Bonchev–Trinajstić information content (AvgIpc) is 3.07. The van der Waals surface area contributed by atoms with Crippen LogP contribution in [0.5, 0.6) is 0 Å². The predicted molar refractivity (Wildman–Crippen MR) is 73.0 cm³/mol. The van der Waals surface area contributed by atoms with Crippen LogP contribution in [0.3, 0.4) is 0 Å². The SMILES string of the molecule is CCN(CC)C(=O)c1cc(S(=O)(=O)Cl)cn1C1CC1. The second-order valence-corrected chi connectivity index (χ2v) is 7.18. The first-order chi connectivity index (χ1) is 8.88. The Morgan fingerprint density at radius 3 is 2.42 bits per heavy atom. The molecule has 0 unspecified atom stereocenters. The van der Waals surface area contributed by atoms with Crippen LogP contribution in [0.1, 0.15) is 43.2 Å². The van der Waals surface area contributed by atoms with Crippen molar-refractivity contribution >= 4 is 25.6 Å². The summed E-state index contributed by atoms with van der Waals surface area (Å²) in [6.45, 7) is 4.97. The van der Waals surface area contributed by atoms with E-state index in [1.807, 2.05) is 13.8 Å². The molecule has 0 atom stereocenters. The number of nitrogens with zero attached hydrogens (tertiary/aromatic N) is 2. The minimum Gasteiger partial charge on any atom is -0.339 e. The summed E-state index contributed by atoms with van der Waals surface area (Å²) in [5, 5.41) is 0. The van der Waals surface area contributed by atoms with E-state index in [4.69, 9.17) is 10.7 Å². The smallest absolute Gasteiger partial charge is 0.270 e. The van der Waals surface area contributed by atoms with Crippen LogP contribution in [0, 0.1) is 0 Å². The maximum absolute atomic E-state index is 12.4. The van der Waals surface area contributed by atoms with Crippen LogP contribution < -0.4 is 0 Å². The molecule has 0 radical (unpaired) electrons. The number of halogens is 1. The summed E-state index contributed by atoms with van der Waals surface area (Å²) in [5.74, 6) is -0.150. The molecule has 0 aliphatic heterocycles. The van der Waals surface area contributed by atoms with Crippen molar-refractivity contribution in [3.8, 4) is 0 Å². The lowest BCUT2D eigenvalue weighted by molar-refractivity contribution is 0.0762. The molecule has 1 aliphatic carbocycles. The van der Waals surface area contributed by atoms with Gasteiger partial charge in [-0.15, -0.1) is 0 Å². The third-order valence-corrected chi connectivity index (χ3v) is 4.64. The Kier molecular flexibility index (Phi) is 3.92. The second-order valence-electron chi connectivity index (χ2n) is 4.61. The Labute approximate surface area is 117 Å². The van der Waals surface area contributed by atoms with Crippen LogP contribution in [0.25, 0.3) is 0 Å². The van der Waals surface area contributed by atoms with Gasteiger partial charge < -0.3 is 9.47 Å². The van der Waals surface area contributed by atoms with E-state index in [0.29, 0.717) is 18.8 Å². The monoisotopic (exact) mass is 304 g/mol. The van der Waals surface area contributed by atoms with Crippen LogP contribution in [-0.4, -0.2) is 36.9 Å². The average molecular weight is 305 g/mol. The molecule has 1 aliphatic rings. The normalized spacial score (nSPS) is 15.5. The van der Waals surface area contributed by atoms with Crippen molar-refractivity contribution in [3.05, 3.63) is 18.0 Å². The molecule has 1 heterocycles. The molecule has 7 heteroatoms. The molecule has 0 N–H and O–H groups in total. The van der Waals surface area contributed by atoms with Crippen LogP contribution in [0.15, 0.2) is 17.2 Å². The standard InChI is InChI=1S/C12H17ClN2O3S/c1-3-14(4-2)12(16)11-7-10(19(13,17)18)8-15(11)9-5-6-9/h7-9H,3-6H2,1-2H3. The Hall–Kier alpha value is -1.01. The van der Waals surface area contributed by atoms with Crippen LogP contribution in [0.4, 0.5) is 0 Å². The molecular formula is C12H17ClN2O3S. The lowest BCUT2D eigenvalue weighted by Gasteiger charge is -2.19. The predicted octanol–water partition coefficient (Wildman–Crippen LogP) is 2.23. The van der Waals surface area contributed by atoms with E-state index in [2.05, 4.69) is 0 Å². The molecule has 2 rings (SSSR count). The molecule has 0 saturated heterocycles. The molecule has 1 fully saturated rings. The van der Waals surface area contributed by atoms with Crippen molar-refractivity contribution in [2.75, 3.05) is 13.1 Å². The highest BCUT2D eigenvalue weighted by Crippen LogP contribution is 2.38. The van der Waals surface area contributed by atoms with Gasteiger partial charge in [0.15, 0.2) is 0 Å². The fourth-order valence-electron chi connectivity index (χ4n) is 2.09. The van der Waals surface area contributed by atoms with Crippen molar-refractivity contribution < 1.29 is 13.2 Å². The summed E-state index contributed by atoms with van der Waals surface area (Å²) >= 11 is 0. The molecule has 19 heavy (non-hydrogen) atoms. The third kappa shape index (κ3) is 2.95. The molecule has 1 amide bonds. The van der Waals surface area contributed by atoms with E-state index in [1.54, 1.807) is 9.47 Å². The highest BCUT2D eigenvalue weighted by Gasteiger charge is 2.31. The summed E-state index contributed by atoms with van der Waals surface area (Å²) in [5.41, 5.74) is 0.408. The lowest BCUT2D eigenvalue weighted by atomic mass is 10.3. The van der Waals surface area contributed by atoms with Gasteiger partial charge in [-0.3, -0.25) is 4.79 Å². The van der Waals surface area contributed by atoms with Gasteiger partial charge >= 0.3 is 0 Å². The highest BCUT2D eigenvalue weighted by molar-refractivity contribution is 8.13. The first kappa shape index (κ1) is 14.4. The number of carbonyl (C=O) groups is 1. The number of carbonyl (C=O) groups excluding carboxylic acids is 1. The van der Waals surface area contributed by atoms with E-state index in [0.717, 1.165) is 12.8 Å². The van der Waals surface area contributed by atoms with E-state index in [-0.39, 0.29) is 16.8 Å². The minimum atomic E-state index is -3.80. The van der Waals surface area contributed by atoms with Crippen molar-refractivity contribution in [2.24, 2.45) is 0 Å². The molecule has 5 nitrogen and oxygen atoms in total. The van der Waals surface area contributed by atoms with E-state index < -0.39 is 9.05 Å². The highest BCUT2D eigenvalue weighted by atomic mass is 35.7. The molecular weight excluding hydrogens is 288 g/mol. The van der Waals surface area contributed by atoms with Crippen molar-refractivity contribution in [1.82, 2.24) is 9.47 Å². The molecule has 1 saturated carbocycles. The Bertz CT molecular complexity index is 586. The maximum Gasteiger partial charge on any atom is 0.270 e. The first-order valence-corrected chi connectivity index (χ1v) is 8.65. The van der Waals surface area contributed by atoms with Crippen molar-refractivity contribution in [2.45, 2.75) is 37.6 Å². The van der Waals surface area contributed by atoms with Gasteiger partial charge in [0.2, 0.25) is 0 Å². The zero-order chi connectivity index (χ0) is 14.2.